The number of hydrogen-bond acceptors (Lipinski definition) is 2. The topological polar surface area (TPSA) is 15.3 Å². The van der Waals surface area contributed by atoms with Crippen molar-refractivity contribution in [1.29, 1.82) is 0 Å². The Kier molecular flexibility index (Phi) is 6.55. The maximum Gasteiger partial charge on any atom is 0.00504 e. The van der Waals surface area contributed by atoms with Crippen LogP contribution in [0.4, 0.5) is 0 Å². The van der Waals surface area contributed by atoms with E-state index in [1.807, 2.05) is 0 Å². The van der Waals surface area contributed by atoms with E-state index in [0.717, 1.165) is 17.8 Å². The third-order valence-corrected chi connectivity index (χ3v) is 5.54. The number of hydrogen-bond donors (Lipinski definition) is 1. The molecule has 1 heterocycles. The van der Waals surface area contributed by atoms with Gasteiger partial charge < -0.3 is 10.2 Å². The van der Waals surface area contributed by atoms with E-state index in [2.05, 4.69) is 37.9 Å². The van der Waals surface area contributed by atoms with E-state index in [4.69, 9.17) is 0 Å². The summed E-state index contributed by atoms with van der Waals surface area (Å²) >= 11 is 0. The molecule has 0 spiro atoms. The monoisotopic (exact) mass is 294 g/mol. The summed E-state index contributed by atoms with van der Waals surface area (Å²) in [4.78, 5) is 2.78. The van der Waals surface area contributed by atoms with Crippen LogP contribution < -0.4 is 5.32 Å². The fourth-order valence-electron chi connectivity index (χ4n) is 4.66. The van der Waals surface area contributed by atoms with Crippen LogP contribution in [0.2, 0.25) is 0 Å². The Morgan fingerprint density at radius 1 is 1.14 bits per heavy atom. The van der Waals surface area contributed by atoms with Crippen LogP contribution in [0.25, 0.3) is 0 Å². The van der Waals surface area contributed by atoms with Crippen molar-refractivity contribution in [2.45, 2.75) is 66.2 Å². The third-order valence-electron chi connectivity index (χ3n) is 5.54. The third kappa shape index (κ3) is 5.56. The lowest BCUT2D eigenvalue weighted by Gasteiger charge is -2.45. The van der Waals surface area contributed by atoms with Crippen molar-refractivity contribution < 1.29 is 0 Å². The van der Waals surface area contributed by atoms with Crippen LogP contribution in [-0.2, 0) is 0 Å². The van der Waals surface area contributed by atoms with Gasteiger partial charge in [0.25, 0.3) is 0 Å². The molecule has 1 aliphatic heterocycles. The Bertz CT molecular complexity index is 302. The Labute approximate surface area is 133 Å². The number of rotatable bonds is 6. The van der Waals surface area contributed by atoms with E-state index < -0.39 is 0 Å². The zero-order valence-corrected chi connectivity index (χ0v) is 15.0. The molecule has 0 aromatic carbocycles. The molecule has 1 saturated carbocycles. The minimum atomic E-state index is 0.545. The fraction of sp³-hybridized carbons (Fsp3) is 1.00. The number of nitrogens with one attached hydrogen (secondary N) is 1. The molecule has 0 bridgehead atoms. The van der Waals surface area contributed by atoms with E-state index in [9.17, 15) is 0 Å². The van der Waals surface area contributed by atoms with Crippen molar-refractivity contribution in [1.82, 2.24) is 10.2 Å². The molecule has 3 unspecified atom stereocenters. The standard InChI is InChI=1S/C19H38N2/c1-16(2)12-20-14-19(9-5-7-17(3)11-19)15-21-10-6-8-18(4)13-21/h16-18,20H,5-15H2,1-4H3. The molecule has 0 aromatic heterocycles. The van der Waals surface area contributed by atoms with Crippen molar-refractivity contribution in [3.63, 3.8) is 0 Å². The average Bonchev–Trinajstić information content (AvgIpc) is 2.38. The highest BCUT2D eigenvalue weighted by Gasteiger charge is 2.36. The molecule has 2 rings (SSSR count). The summed E-state index contributed by atoms with van der Waals surface area (Å²) < 4.78 is 0. The van der Waals surface area contributed by atoms with Gasteiger partial charge in [0.1, 0.15) is 0 Å². The molecule has 0 aromatic rings. The lowest BCUT2D eigenvalue weighted by atomic mass is 9.69. The van der Waals surface area contributed by atoms with E-state index in [0.29, 0.717) is 5.41 Å². The van der Waals surface area contributed by atoms with Gasteiger partial charge in [0.15, 0.2) is 0 Å². The normalized spacial score (nSPS) is 35.3. The first-order chi connectivity index (χ1) is 9.99. The van der Waals surface area contributed by atoms with Gasteiger partial charge in [-0.3, -0.25) is 0 Å². The molecule has 3 atom stereocenters. The van der Waals surface area contributed by atoms with Crippen LogP contribution in [0, 0.1) is 23.2 Å². The molecular weight excluding hydrogens is 256 g/mol. The zero-order valence-electron chi connectivity index (χ0n) is 15.0. The van der Waals surface area contributed by atoms with Crippen LogP contribution in [0.1, 0.15) is 66.2 Å². The first kappa shape index (κ1) is 17.3. The number of nitrogens with zero attached hydrogens (tertiary/aromatic N) is 1. The molecule has 1 saturated heterocycles. The van der Waals surface area contributed by atoms with Gasteiger partial charge in [-0.25, -0.2) is 0 Å². The summed E-state index contributed by atoms with van der Waals surface area (Å²) in [5.41, 5.74) is 0.545. The Morgan fingerprint density at radius 3 is 2.57 bits per heavy atom. The van der Waals surface area contributed by atoms with Gasteiger partial charge in [0, 0.05) is 19.6 Å². The van der Waals surface area contributed by atoms with E-state index in [1.165, 1.54) is 71.2 Å². The molecule has 0 amide bonds. The summed E-state index contributed by atoms with van der Waals surface area (Å²) in [6.45, 7) is 15.9. The molecule has 1 aliphatic carbocycles. The number of piperidine rings is 1. The minimum Gasteiger partial charge on any atom is -0.316 e. The molecule has 0 radical (unpaired) electrons. The van der Waals surface area contributed by atoms with Crippen LogP contribution in [0.3, 0.4) is 0 Å². The minimum absolute atomic E-state index is 0.545. The summed E-state index contributed by atoms with van der Waals surface area (Å²) in [5, 5.41) is 3.79. The van der Waals surface area contributed by atoms with Crippen molar-refractivity contribution in [3.8, 4) is 0 Å². The smallest absolute Gasteiger partial charge is 0.00504 e. The van der Waals surface area contributed by atoms with Gasteiger partial charge in [0.2, 0.25) is 0 Å². The predicted octanol–water partition coefficient (Wildman–Crippen LogP) is 4.16. The molecule has 2 heteroatoms. The highest BCUT2D eigenvalue weighted by Crippen LogP contribution is 2.40. The van der Waals surface area contributed by atoms with Gasteiger partial charge in [-0.15, -0.1) is 0 Å². The van der Waals surface area contributed by atoms with Gasteiger partial charge in [0.05, 0.1) is 0 Å². The van der Waals surface area contributed by atoms with E-state index in [1.54, 1.807) is 0 Å². The van der Waals surface area contributed by atoms with Crippen molar-refractivity contribution >= 4 is 0 Å². The molecular formula is C19H38N2. The molecule has 124 valence electrons. The lowest BCUT2D eigenvalue weighted by molar-refractivity contribution is 0.0589. The average molecular weight is 295 g/mol. The van der Waals surface area contributed by atoms with Crippen LogP contribution >= 0.6 is 0 Å². The Hall–Kier alpha value is -0.0800. The molecule has 21 heavy (non-hydrogen) atoms. The van der Waals surface area contributed by atoms with E-state index >= 15 is 0 Å². The Morgan fingerprint density at radius 2 is 1.90 bits per heavy atom. The first-order valence-corrected chi connectivity index (χ1v) is 9.42. The lowest BCUT2D eigenvalue weighted by Crippen LogP contribution is -2.49. The van der Waals surface area contributed by atoms with Crippen molar-refractivity contribution in [3.05, 3.63) is 0 Å². The second-order valence-corrected chi connectivity index (χ2v) is 8.71. The summed E-state index contributed by atoms with van der Waals surface area (Å²) in [7, 11) is 0. The van der Waals surface area contributed by atoms with Crippen LogP contribution in [-0.4, -0.2) is 37.6 Å². The first-order valence-electron chi connectivity index (χ1n) is 9.42. The summed E-state index contributed by atoms with van der Waals surface area (Å²) in [6.07, 6.45) is 8.60. The van der Waals surface area contributed by atoms with Gasteiger partial charge in [-0.05, 0) is 61.9 Å². The second kappa shape index (κ2) is 7.97. The van der Waals surface area contributed by atoms with Gasteiger partial charge in [-0.2, -0.15) is 0 Å². The molecule has 2 fully saturated rings. The maximum absolute atomic E-state index is 3.79. The largest absolute Gasteiger partial charge is 0.316 e. The molecule has 2 nitrogen and oxygen atoms in total. The van der Waals surface area contributed by atoms with Crippen molar-refractivity contribution in [2.75, 3.05) is 32.7 Å². The highest BCUT2D eigenvalue weighted by atomic mass is 15.1. The maximum atomic E-state index is 3.79. The molecule has 1 N–H and O–H groups in total. The van der Waals surface area contributed by atoms with Gasteiger partial charge in [-0.1, -0.05) is 40.5 Å². The summed E-state index contributed by atoms with van der Waals surface area (Å²) in [6, 6.07) is 0. The second-order valence-electron chi connectivity index (χ2n) is 8.71. The van der Waals surface area contributed by atoms with E-state index in [-0.39, 0.29) is 0 Å². The fourth-order valence-corrected chi connectivity index (χ4v) is 4.66. The van der Waals surface area contributed by atoms with Gasteiger partial charge >= 0.3 is 0 Å². The highest BCUT2D eigenvalue weighted by molar-refractivity contribution is 4.91. The zero-order chi connectivity index (χ0) is 15.3. The summed E-state index contributed by atoms with van der Waals surface area (Å²) in [5.74, 6) is 2.58. The number of likely N-dealkylation sites (tertiary alicyclic amines) is 1. The van der Waals surface area contributed by atoms with Crippen molar-refractivity contribution in [2.24, 2.45) is 23.2 Å². The SMILES string of the molecule is CC(C)CNCC1(CN2CCCC(C)C2)CCCC(C)C1. The molecule has 2 aliphatic rings. The van der Waals surface area contributed by atoms with Crippen LogP contribution in [0.5, 0.6) is 0 Å². The predicted molar refractivity (Wildman–Crippen MR) is 92.6 cm³/mol. The quantitative estimate of drug-likeness (QED) is 0.791. The Balaban J connectivity index is 1.93. The van der Waals surface area contributed by atoms with Crippen LogP contribution in [0.15, 0.2) is 0 Å².